The van der Waals surface area contributed by atoms with Crippen molar-refractivity contribution < 1.29 is 14.3 Å². The summed E-state index contributed by atoms with van der Waals surface area (Å²) in [5.74, 6) is -0.0211. The first kappa shape index (κ1) is 10.8. The highest BCUT2D eigenvalue weighted by Gasteiger charge is 2.22. The molecule has 0 aromatic heterocycles. The van der Waals surface area contributed by atoms with Crippen LogP contribution in [0.2, 0.25) is 0 Å². The van der Waals surface area contributed by atoms with Gasteiger partial charge in [0.2, 0.25) is 5.91 Å². The molecule has 1 atom stereocenters. The fraction of sp³-hybridized carbons (Fsp3) is 0.750. The summed E-state index contributed by atoms with van der Waals surface area (Å²) in [6, 6.07) is -0.353. The molecule has 0 bridgehead atoms. The zero-order valence-electron chi connectivity index (χ0n) is 8.13. The molecule has 80 valence electrons. The van der Waals surface area contributed by atoms with Gasteiger partial charge in [-0.3, -0.25) is 4.79 Å². The molecule has 3 amide bonds. The van der Waals surface area contributed by atoms with Gasteiger partial charge in [0, 0.05) is 26.6 Å². The van der Waals surface area contributed by atoms with Gasteiger partial charge >= 0.3 is 6.03 Å². The Bertz CT molecular complexity index is 220. The van der Waals surface area contributed by atoms with Crippen LogP contribution in [0.15, 0.2) is 0 Å². The van der Waals surface area contributed by atoms with Gasteiger partial charge in [-0.1, -0.05) is 0 Å². The molecule has 0 saturated carbocycles. The van der Waals surface area contributed by atoms with Gasteiger partial charge in [-0.05, 0) is 0 Å². The number of urea groups is 1. The summed E-state index contributed by atoms with van der Waals surface area (Å²) < 4.78 is 4.77. The van der Waals surface area contributed by atoms with Crippen molar-refractivity contribution in [3.8, 4) is 0 Å². The predicted octanol–water partition coefficient (Wildman–Crippen LogP) is -1.18. The van der Waals surface area contributed by atoms with E-state index in [1.165, 1.54) is 0 Å². The molecule has 6 heteroatoms. The number of hydrogen-bond donors (Lipinski definition) is 3. The minimum absolute atomic E-state index is 0.0211. The number of ether oxygens (including phenoxy) is 1. The van der Waals surface area contributed by atoms with Crippen LogP contribution >= 0.6 is 0 Å². The first-order valence-corrected chi connectivity index (χ1v) is 4.52. The van der Waals surface area contributed by atoms with Crippen LogP contribution in [0.3, 0.4) is 0 Å². The first-order valence-electron chi connectivity index (χ1n) is 4.52. The summed E-state index contributed by atoms with van der Waals surface area (Å²) in [5, 5.41) is 7.93. The third kappa shape index (κ3) is 3.61. The van der Waals surface area contributed by atoms with Crippen LogP contribution in [-0.2, 0) is 9.53 Å². The van der Waals surface area contributed by atoms with E-state index < -0.39 is 0 Å². The standard InChI is InChI=1S/C8H15N3O3/c1-14-3-2-9-8(13)11-6-4-7(12)10-5-6/h6H,2-5H2,1H3,(H,10,12)(H2,9,11,13)/t6-/m0/s1. The lowest BCUT2D eigenvalue weighted by atomic mass is 10.3. The van der Waals surface area contributed by atoms with Gasteiger partial charge < -0.3 is 20.7 Å². The molecular formula is C8H15N3O3. The fourth-order valence-electron chi connectivity index (χ4n) is 1.21. The summed E-state index contributed by atoms with van der Waals surface area (Å²) in [4.78, 5) is 22.0. The van der Waals surface area contributed by atoms with Crippen LogP contribution in [0.1, 0.15) is 6.42 Å². The zero-order valence-corrected chi connectivity index (χ0v) is 8.13. The van der Waals surface area contributed by atoms with Gasteiger partial charge in [0.15, 0.2) is 0 Å². The Morgan fingerprint density at radius 2 is 2.50 bits per heavy atom. The Morgan fingerprint density at radius 3 is 3.07 bits per heavy atom. The minimum atomic E-state index is -0.261. The minimum Gasteiger partial charge on any atom is -0.383 e. The Balaban J connectivity index is 2.11. The van der Waals surface area contributed by atoms with Crippen LogP contribution in [0, 0.1) is 0 Å². The van der Waals surface area contributed by atoms with Crippen molar-refractivity contribution in [2.45, 2.75) is 12.5 Å². The molecule has 14 heavy (non-hydrogen) atoms. The van der Waals surface area contributed by atoms with E-state index in [2.05, 4.69) is 16.0 Å². The number of carbonyl (C=O) groups is 2. The number of amides is 3. The number of carbonyl (C=O) groups excluding carboxylic acids is 2. The lowest BCUT2D eigenvalue weighted by Crippen LogP contribution is -2.43. The largest absolute Gasteiger partial charge is 0.383 e. The van der Waals surface area contributed by atoms with Crippen molar-refractivity contribution in [1.29, 1.82) is 0 Å². The maximum atomic E-state index is 11.2. The Kier molecular flexibility index (Phi) is 4.18. The summed E-state index contributed by atoms with van der Waals surface area (Å²) in [5.41, 5.74) is 0. The second-order valence-electron chi connectivity index (χ2n) is 3.10. The van der Waals surface area contributed by atoms with E-state index in [4.69, 9.17) is 4.74 Å². The van der Waals surface area contributed by atoms with Gasteiger partial charge in [0.05, 0.1) is 12.6 Å². The third-order valence-electron chi connectivity index (χ3n) is 1.90. The molecule has 0 aliphatic carbocycles. The molecule has 0 spiro atoms. The molecule has 3 N–H and O–H groups in total. The van der Waals surface area contributed by atoms with Crippen molar-refractivity contribution in [2.75, 3.05) is 26.8 Å². The first-order chi connectivity index (χ1) is 6.72. The second-order valence-corrected chi connectivity index (χ2v) is 3.10. The molecule has 0 unspecified atom stereocenters. The molecule has 1 saturated heterocycles. The van der Waals surface area contributed by atoms with Gasteiger partial charge in [0.25, 0.3) is 0 Å². The quantitative estimate of drug-likeness (QED) is 0.501. The van der Waals surface area contributed by atoms with Crippen LogP contribution in [0.5, 0.6) is 0 Å². The van der Waals surface area contributed by atoms with Crippen molar-refractivity contribution in [2.24, 2.45) is 0 Å². The molecule has 1 heterocycles. The van der Waals surface area contributed by atoms with Crippen LogP contribution in [0.4, 0.5) is 4.79 Å². The van der Waals surface area contributed by atoms with Crippen LogP contribution in [-0.4, -0.2) is 44.8 Å². The molecule has 0 radical (unpaired) electrons. The lowest BCUT2D eigenvalue weighted by molar-refractivity contribution is -0.119. The van der Waals surface area contributed by atoms with E-state index in [1.54, 1.807) is 7.11 Å². The molecule has 1 aliphatic heterocycles. The van der Waals surface area contributed by atoms with Crippen molar-refractivity contribution in [3.63, 3.8) is 0 Å². The summed E-state index contributed by atoms with van der Waals surface area (Å²) in [7, 11) is 1.57. The topological polar surface area (TPSA) is 79.5 Å². The number of nitrogens with one attached hydrogen (secondary N) is 3. The third-order valence-corrected chi connectivity index (χ3v) is 1.90. The van der Waals surface area contributed by atoms with Gasteiger partial charge in [-0.15, -0.1) is 0 Å². The maximum absolute atomic E-state index is 11.2. The predicted molar refractivity (Wildman–Crippen MR) is 49.8 cm³/mol. The van der Waals surface area contributed by atoms with E-state index in [9.17, 15) is 9.59 Å². The maximum Gasteiger partial charge on any atom is 0.315 e. The van der Waals surface area contributed by atoms with Crippen LogP contribution in [0.25, 0.3) is 0 Å². The van der Waals surface area contributed by atoms with Crippen molar-refractivity contribution >= 4 is 11.9 Å². The van der Waals surface area contributed by atoms with E-state index in [0.29, 0.717) is 26.1 Å². The highest BCUT2D eigenvalue weighted by molar-refractivity contribution is 5.81. The SMILES string of the molecule is COCCNC(=O)N[C@@H]1CNC(=O)C1. The zero-order chi connectivity index (χ0) is 10.4. The average Bonchev–Trinajstić information content (AvgIpc) is 2.52. The van der Waals surface area contributed by atoms with E-state index >= 15 is 0 Å². The normalized spacial score (nSPS) is 20.4. The van der Waals surface area contributed by atoms with E-state index in [1.807, 2.05) is 0 Å². The summed E-state index contributed by atoms with van der Waals surface area (Å²) in [6.45, 7) is 1.46. The van der Waals surface area contributed by atoms with Gasteiger partial charge in [-0.2, -0.15) is 0 Å². The molecule has 1 fully saturated rings. The highest BCUT2D eigenvalue weighted by atomic mass is 16.5. The highest BCUT2D eigenvalue weighted by Crippen LogP contribution is 1.97. The molecule has 1 rings (SSSR count). The number of methoxy groups -OCH3 is 1. The fourth-order valence-corrected chi connectivity index (χ4v) is 1.21. The number of hydrogen-bond acceptors (Lipinski definition) is 3. The van der Waals surface area contributed by atoms with Crippen LogP contribution < -0.4 is 16.0 Å². The van der Waals surface area contributed by atoms with Gasteiger partial charge in [-0.25, -0.2) is 4.79 Å². The Morgan fingerprint density at radius 1 is 1.71 bits per heavy atom. The molecule has 6 nitrogen and oxygen atoms in total. The lowest BCUT2D eigenvalue weighted by Gasteiger charge is -2.11. The van der Waals surface area contributed by atoms with E-state index in [0.717, 1.165) is 0 Å². The van der Waals surface area contributed by atoms with E-state index in [-0.39, 0.29) is 18.0 Å². The smallest absolute Gasteiger partial charge is 0.315 e. The van der Waals surface area contributed by atoms with Crippen molar-refractivity contribution in [1.82, 2.24) is 16.0 Å². The summed E-state index contributed by atoms with van der Waals surface area (Å²) in [6.07, 6.45) is 0.359. The second kappa shape index (κ2) is 5.43. The van der Waals surface area contributed by atoms with Gasteiger partial charge in [0.1, 0.15) is 0 Å². The monoisotopic (exact) mass is 201 g/mol. The van der Waals surface area contributed by atoms with Crippen molar-refractivity contribution in [3.05, 3.63) is 0 Å². The Labute approximate surface area is 82.4 Å². The molecule has 1 aliphatic rings. The summed E-state index contributed by atoms with van der Waals surface area (Å²) >= 11 is 0. The Hall–Kier alpha value is -1.30. The molecule has 0 aromatic carbocycles. The average molecular weight is 201 g/mol. The molecule has 0 aromatic rings. The number of rotatable bonds is 4. The molecular weight excluding hydrogens is 186 g/mol.